The number of ether oxygens (including phenoxy) is 2. The standard InChI is InChI=1S/C21H21NO3/c1-14-4-8-18(9-5-14)22-21(23)15(2)25-20-11-7-16-6-10-19(24-3)12-17(16)13-20/h4-13,15H,1-3H3,(H,22,23)/t15-/m0/s1. The predicted octanol–water partition coefficient (Wildman–Crippen LogP) is 4.56. The first kappa shape index (κ1) is 16.8. The van der Waals surface area contributed by atoms with Gasteiger partial charge in [-0.15, -0.1) is 0 Å². The minimum absolute atomic E-state index is 0.186. The molecule has 0 unspecified atom stereocenters. The molecule has 1 atom stereocenters. The second-order valence-electron chi connectivity index (χ2n) is 5.99. The quantitative estimate of drug-likeness (QED) is 0.743. The van der Waals surface area contributed by atoms with Gasteiger partial charge in [0.1, 0.15) is 11.5 Å². The smallest absolute Gasteiger partial charge is 0.265 e. The Bertz CT molecular complexity index is 887. The zero-order chi connectivity index (χ0) is 17.8. The van der Waals surface area contributed by atoms with Gasteiger partial charge in [-0.1, -0.05) is 29.8 Å². The number of benzene rings is 3. The number of hydrogen-bond acceptors (Lipinski definition) is 3. The first-order chi connectivity index (χ1) is 12.0. The highest BCUT2D eigenvalue weighted by Crippen LogP contribution is 2.25. The zero-order valence-electron chi connectivity index (χ0n) is 14.6. The fourth-order valence-corrected chi connectivity index (χ4v) is 2.54. The third kappa shape index (κ3) is 4.10. The number of anilines is 1. The topological polar surface area (TPSA) is 47.6 Å². The molecule has 0 aliphatic carbocycles. The van der Waals surface area contributed by atoms with Gasteiger partial charge in [-0.05, 0) is 61.0 Å². The second kappa shape index (κ2) is 7.26. The molecular weight excluding hydrogens is 314 g/mol. The molecule has 0 saturated carbocycles. The molecule has 128 valence electrons. The third-order valence-electron chi connectivity index (χ3n) is 4.02. The van der Waals surface area contributed by atoms with Crippen molar-refractivity contribution < 1.29 is 14.3 Å². The van der Waals surface area contributed by atoms with Crippen molar-refractivity contribution in [3.8, 4) is 11.5 Å². The van der Waals surface area contributed by atoms with E-state index in [2.05, 4.69) is 5.32 Å². The minimum Gasteiger partial charge on any atom is -0.497 e. The highest BCUT2D eigenvalue weighted by molar-refractivity contribution is 5.94. The van der Waals surface area contributed by atoms with Crippen LogP contribution >= 0.6 is 0 Å². The molecule has 3 aromatic rings. The summed E-state index contributed by atoms with van der Waals surface area (Å²) in [6, 6.07) is 19.3. The molecule has 0 aliphatic rings. The number of fused-ring (bicyclic) bond motifs is 1. The number of carbonyl (C=O) groups is 1. The molecule has 1 N–H and O–H groups in total. The van der Waals surface area contributed by atoms with Crippen molar-refractivity contribution in [2.45, 2.75) is 20.0 Å². The van der Waals surface area contributed by atoms with Crippen molar-refractivity contribution in [1.29, 1.82) is 0 Å². The van der Waals surface area contributed by atoms with Crippen LogP contribution in [0, 0.1) is 6.92 Å². The number of nitrogens with one attached hydrogen (secondary N) is 1. The second-order valence-corrected chi connectivity index (χ2v) is 5.99. The highest BCUT2D eigenvalue weighted by atomic mass is 16.5. The molecule has 3 aromatic carbocycles. The Labute approximate surface area is 147 Å². The summed E-state index contributed by atoms with van der Waals surface area (Å²) < 4.78 is 11.1. The lowest BCUT2D eigenvalue weighted by atomic mass is 10.1. The van der Waals surface area contributed by atoms with Gasteiger partial charge in [0.15, 0.2) is 6.10 Å². The molecule has 0 heterocycles. The number of aryl methyl sites for hydroxylation is 1. The van der Waals surface area contributed by atoms with Crippen LogP contribution in [-0.2, 0) is 4.79 Å². The number of methoxy groups -OCH3 is 1. The molecular formula is C21H21NO3. The summed E-state index contributed by atoms with van der Waals surface area (Å²) in [5.74, 6) is 1.25. The van der Waals surface area contributed by atoms with Crippen LogP contribution in [0.1, 0.15) is 12.5 Å². The van der Waals surface area contributed by atoms with Gasteiger partial charge in [0.25, 0.3) is 5.91 Å². The summed E-state index contributed by atoms with van der Waals surface area (Å²) in [5, 5.41) is 4.95. The van der Waals surface area contributed by atoms with Gasteiger partial charge >= 0.3 is 0 Å². The Balaban J connectivity index is 1.71. The van der Waals surface area contributed by atoms with Crippen molar-refractivity contribution >= 4 is 22.4 Å². The maximum Gasteiger partial charge on any atom is 0.265 e. The van der Waals surface area contributed by atoms with Crippen molar-refractivity contribution in [3.05, 3.63) is 66.2 Å². The Morgan fingerprint density at radius 2 is 1.56 bits per heavy atom. The van der Waals surface area contributed by atoms with E-state index in [1.54, 1.807) is 14.0 Å². The lowest BCUT2D eigenvalue weighted by molar-refractivity contribution is -0.122. The van der Waals surface area contributed by atoms with E-state index in [4.69, 9.17) is 9.47 Å². The van der Waals surface area contributed by atoms with Gasteiger partial charge in [0, 0.05) is 5.69 Å². The molecule has 0 bridgehead atoms. The van der Waals surface area contributed by atoms with Crippen LogP contribution in [-0.4, -0.2) is 19.1 Å². The summed E-state index contributed by atoms with van der Waals surface area (Å²) in [5.41, 5.74) is 1.91. The monoisotopic (exact) mass is 335 g/mol. The molecule has 0 aliphatic heterocycles. The van der Waals surface area contributed by atoms with Gasteiger partial charge in [-0.2, -0.15) is 0 Å². The lowest BCUT2D eigenvalue weighted by Gasteiger charge is -2.15. The minimum atomic E-state index is -0.607. The summed E-state index contributed by atoms with van der Waals surface area (Å²) in [6.07, 6.45) is -0.607. The molecule has 0 fully saturated rings. The number of rotatable bonds is 5. The predicted molar refractivity (Wildman–Crippen MR) is 100 cm³/mol. The van der Waals surface area contributed by atoms with Crippen molar-refractivity contribution in [3.63, 3.8) is 0 Å². The van der Waals surface area contributed by atoms with E-state index >= 15 is 0 Å². The van der Waals surface area contributed by atoms with Crippen molar-refractivity contribution in [2.75, 3.05) is 12.4 Å². The number of hydrogen-bond donors (Lipinski definition) is 1. The van der Waals surface area contributed by atoms with E-state index < -0.39 is 6.10 Å². The molecule has 4 nitrogen and oxygen atoms in total. The summed E-state index contributed by atoms with van der Waals surface area (Å²) in [7, 11) is 1.64. The summed E-state index contributed by atoms with van der Waals surface area (Å²) in [6.45, 7) is 3.74. The summed E-state index contributed by atoms with van der Waals surface area (Å²) >= 11 is 0. The van der Waals surface area contributed by atoms with Crippen LogP contribution in [0.15, 0.2) is 60.7 Å². The fraction of sp³-hybridized carbons (Fsp3) is 0.190. The van der Waals surface area contributed by atoms with E-state index in [1.807, 2.05) is 67.6 Å². The van der Waals surface area contributed by atoms with Crippen LogP contribution in [0.5, 0.6) is 11.5 Å². The molecule has 4 heteroatoms. The molecule has 0 spiro atoms. The normalized spacial score (nSPS) is 11.8. The lowest BCUT2D eigenvalue weighted by Crippen LogP contribution is -2.30. The van der Waals surface area contributed by atoms with E-state index in [9.17, 15) is 4.79 Å². The average Bonchev–Trinajstić information content (AvgIpc) is 2.62. The number of amides is 1. The Kier molecular flexibility index (Phi) is 4.89. The first-order valence-electron chi connectivity index (χ1n) is 8.17. The average molecular weight is 335 g/mol. The molecule has 0 aromatic heterocycles. The molecule has 1 amide bonds. The Morgan fingerprint density at radius 3 is 2.24 bits per heavy atom. The summed E-state index contributed by atoms with van der Waals surface area (Å²) in [4.78, 5) is 12.3. The maximum absolute atomic E-state index is 12.3. The van der Waals surface area contributed by atoms with Crippen LogP contribution < -0.4 is 14.8 Å². The van der Waals surface area contributed by atoms with Gasteiger partial charge in [-0.3, -0.25) is 4.79 Å². The fourth-order valence-electron chi connectivity index (χ4n) is 2.54. The molecule has 25 heavy (non-hydrogen) atoms. The van der Waals surface area contributed by atoms with Crippen LogP contribution in [0.4, 0.5) is 5.69 Å². The van der Waals surface area contributed by atoms with Crippen molar-refractivity contribution in [2.24, 2.45) is 0 Å². The van der Waals surface area contributed by atoms with E-state index in [0.717, 1.165) is 27.8 Å². The van der Waals surface area contributed by atoms with Crippen LogP contribution in [0.25, 0.3) is 10.8 Å². The van der Waals surface area contributed by atoms with Crippen LogP contribution in [0.2, 0.25) is 0 Å². The van der Waals surface area contributed by atoms with Crippen LogP contribution in [0.3, 0.4) is 0 Å². The van der Waals surface area contributed by atoms with Gasteiger partial charge < -0.3 is 14.8 Å². The molecule has 0 saturated heterocycles. The third-order valence-corrected chi connectivity index (χ3v) is 4.02. The van der Waals surface area contributed by atoms with Gasteiger partial charge in [-0.25, -0.2) is 0 Å². The highest BCUT2D eigenvalue weighted by Gasteiger charge is 2.15. The SMILES string of the molecule is COc1ccc2ccc(O[C@@H](C)C(=O)Nc3ccc(C)cc3)cc2c1. The van der Waals surface area contributed by atoms with E-state index in [1.165, 1.54) is 0 Å². The maximum atomic E-state index is 12.3. The largest absolute Gasteiger partial charge is 0.497 e. The van der Waals surface area contributed by atoms with Gasteiger partial charge in [0.2, 0.25) is 0 Å². The number of carbonyl (C=O) groups excluding carboxylic acids is 1. The molecule has 0 radical (unpaired) electrons. The van der Waals surface area contributed by atoms with E-state index in [0.29, 0.717) is 5.75 Å². The Hall–Kier alpha value is -3.01. The van der Waals surface area contributed by atoms with E-state index in [-0.39, 0.29) is 5.91 Å². The first-order valence-corrected chi connectivity index (χ1v) is 8.17. The molecule has 3 rings (SSSR count). The zero-order valence-corrected chi connectivity index (χ0v) is 14.6. The van der Waals surface area contributed by atoms with Gasteiger partial charge in [0.05, 0.1) is 7.11 Å². The Morgan fingerprint density at radius 1 is 0.920 bits per heavy atom. The van der Waals surface area contributed by atoms with Crippen molar-refractivity contribution in [1.82, 2.24) is 0 Å².